The molecular weight excluding hydrogens is 439 g/mol. The van der Waals surface area contributed by atoms with Gasteiger partial charge < -0.3 is 9.30 Å². The average molecular weight is 465 g/mol. The molecule has 8 heteroatoms. The van der Waals surface area contributed by atoms with Crippen molar-refractivity contribution in [3.63, 3.8) is 0 Å². The Labute approximate surface area is 192 Å². The minimum atomic E-state index is 0.203. The summed E-state index contributed by atoms with van der Waals surface area (Å²) in [7, 11) is 4.15. The molecule has 0 aliphatic heterocycles. The number of hydrogen-bond acceptors (Lipinski definition) is 5. The van der Waals surface area contributed by atoms with E-state index in [1.165, 1.54) is 5.56 Å². The van der Waals surface area contributed by atoms with E-state index in [2.05, 4.69) is 64.9 Å². The van der Waals surface area contributed by atoms with Gasteiger partial charge in [0.2, 0.25) is 0 Å². The molecule has 0 bridgehead atoms. The monoisotopic (exact) mass is 464 g/mol. The van der Waals surface area contributed by atoms with Gasteiger partial charge in [-0.15, -0.1) is 10.2 Å². The van der Waals surface area contributed by atoms with Gasteiger partial charge >= 0.3 is 0 Å². The zero-order valence-corrected chi connectivity index (χ0v) is 19.7. The van der Waals surface area contributed by atoms with Crippen LogP contribution in [-0.2, 0) is 6.54 Å². The Balaban J connectivity index is 1.74. The molecule has 0 fully saturated rings. The van der Waals surface area contributed by atoms with Crippen LogP contribution in [0.15, 0.2) is 53.7 Å². The molecule has 160 valence electrons. The molecular formula is C22H26Cl2N4OS. The first-order valence-corrected chi connectivity index (χ1v) is 11.6. The summed E-state index contributed by atoms with van der Waals surface area (Å²) in [4.78, 5) is 2.18. The highest BCUT2D eigenvalue weighted by Gasteiger charge is 2.22. The Morgan fingerprint density at radius 3 is 2.37 bits per heavy atom. The van der Waals surface area contributed by atoms with Gasteiger partial charge in [-0.05, 0) is 38.2 Å². The molecule has 1 heterocycles. The summed E-state index contributed by atoms with van der Waals surface area (Å²) in [6, 6.07) is 15.9. The third kappa shape index (κ3) is 5.70. The van der Waals surface area contributed by atoms with Gasteiger partial charge in [-0.2, -0.15) is 0 Å². The predicted octanol–water partition coefficient (Wildman–Crippen LogP) is 5.82. The van der Waals surface area contributed by atoms with E-state index >= 15 is 0 Å². The van der Waals surface area contributed by atoms with Gasteiger partial charge in [0.15, 0.2) is 16.7 Å². The number of halogens is 2. The molecule has 2 aromatic carbocycles. The van der Waals surface area contributed by atoms with Crippen LogP contribution in [0, 0.1) is 0 Å². The lowest BCUT2D eigenvalue weighted by molar-refractivity contribution is 0.272. The van der Waals surface area contributed by atoms with Crippen LogP contribution in [0.1, 0.15) is 30.8 Å². The lowest BCUT2D eigenvalue weighted by Gasteiger charge is -2.23. The van der Waals surface area contributed by atoms with E-state index in [0.717, 1.165) is 23.9 Å². The summed E-state index contributed by atoms with van der Waals surface area (Å²) in [5.41, 5.74) is 1.22. The van der Waals surface area contributed by atoms with E-state index < -0.39 is 0 Å². The largest absolute Gasteiger partial charge is 0.490 e. The van der Waals surface area contributed by atoms with E-state index in [-0.39, 0.29) is 6.04 Å². The molecule has 1 unspecified atom stereocenters. The summed E-state index contributed by atoms with van der Waals surface area (Å²) in [6.45, 7) is 3.36. The van der Waals surface area contributed by atoms with Gasteiger partial charge in [-0.1, -0.05) is 78.3 Å². The molecule has 0 aliphatic carbocycles. The molecule has 1 atom stereocenters. The highest BCUT2D eigenvalue weighted by atomic mass is 35.5. The van der Waals surface area contributed by atoms with Gasteiger partial charge in [-0.25, -0.2) is 0 Å². The number of hydrogen-bond donors (Lipinski definition) is 0. The Kier molecular flexibility index (Phi) is 8.45. The van der Waals surface area contributed by atoms with Crippen molar-refractivity contribution in [2.45, 2.75) is 31.1 Å². The normalized spacial score (nSPS) is 12.3. The zero-order valence-electron chi connectivity index (χ0n) is 17.4. The molecule has 5 nitrogen and oxygen atoms in total. The van der Waals surface area contributed by atoms with Gasteiger partial charge in [0.05, 0.1) is 29.2 Å². The van der Waals surface area contributed by atoms with Crippen molar-refractivity contribution < 1.29 is 4.74 Å². The SMILES string of the molecule is CCC(c1nnc(SCCOc2c(Cl)cccc2Cl)n1Cc1ccccc1)N(C)C. The van der Waals surface area contributed by atoms with Gasteiger partial charge in [0.25, 0.3) is 0 Å². The number of benzene rings is 2. The quantitative estimate of drug-likeness (QED) is 0.279. The van der Waals surface area contributed by atoms with Crippen molar-refractivity contribution in [1.82, 2.24) is 19.7 Å². The summed E-state index contributed by atoms with van der Waals surface area (Å²) in [5, 5.41) is 10.9. The third-order valence-electron chi connectivity index (χ3n) is 4.72. The average Bonchev–Trinajstić information content (AvgIpc) is 3.10. The van der Waals surface area contributed by atoms with E-state index in [1.54, 1.807) is 30.0 Å². The molecule has 0 saturated carbocycles. The van der Waals surface area contributed by atoms with Crippen LogP contribution in [0.4, 0.5) is 0 Å². The molecule has 1 aromatic heterocycles. The Hall–Kier alpha value is -1.73. The highest BCUT2D eigenvalue weighted by Crippen LogP contribution is 2.32. The number of rotatable bonds is 10. The number of aromatic nitrogens is 3. The van der Waals surface area contributed by atoms with Crippen LogP contribution in [0.5, 0.6) is 5.75 Å². The van der Waals surface area contributed by atoms with E-state index in [9.17, 15) is 0 Å². The standard InChI is InChI=1S/C22H26Cl2N4OS/c1-4-19(27(2)3)21-25-26-22(28(21)15-16-9-6-5-7-10-16)30-14-13-29-20-17(23)11-8-12-18(20)24/h5-12,19H,4,13-15H2,1-3H3. The van der Waals surface area contributed by atoms with Gasteiger partial charge in [0.1, 0.15) is 0 Å². The van der Waals surface area contributed by atoms with E-state index in [4.69, 9.17) is 27.9 Å². The fraction of sp³-hybridized carbons (Fsp3) is 0.364. The molecule has 0 spiro atoms. The number of thioether (sulfide) groups is 1. The molecule has 0 amide bonds. The first-order valence-electron chi connectivity index (χ1n) is 9.84. The second-order valence-electron chi connectivity index (χ2n) is 7.05. The van der Waals surface area contributed by atoms with Crippen molar-refractivity contribution in [2.24, 2.45) is 0 Å². The maximum Gasteiger partial charge on any atom is 0.191 e. The lowest BCUT2D eigenvalue weighted by Crippen LogP contribution is -2.23. The summed E-state index contributed by atoms with van der Waals surface area (Å²) < 4.78 is 8.02. The minimum Gasteiger partial charge on any atom is -0.490 e. The Morgan fingerprint density at radius 1 is 1.03 bits per heavy atom. The van der Waals surface area contributed by atoms with Crippen molar-refractivity contribution in [2.75, 3.05) is 26.5 Å². The van der Waals surface area contributed by atoms with E-state index in [1.807, 2.05) is 6.07 Å². The van der Waals surface area contributed by atoms with Crippen LogP contribution < -0.4 is 4.74 Å². The summed E-state index contributed by atoms with van der Waals surface area (Å²) in [6.07, 6.45) is 0.957. The predicted molar refractivity (Wildman–Crippen MR) is 125 cm³/mol. The molecule has 3 aromatic rings. The van der Waals surface area contributed by atoms with Crippen LogP contribution in [-0.4, -0.2) is 46.1 Å². The lowest BCUT2D eigenvalue weighted by atomic mass is 10.2. The number of para-hydroxylation sites is 1. The number of ether oxygens (including phenoxy) is 1. The van der Waals surface area contributed by atoms with Crippen LogP contribution in [0.25, 0.3) is 0 Å². The topological polar surface area (TPSA) is 43.2 Å². The maximum absolute atomic E-state index is 6.18. The molecule has 0 radical (unpaired) electrons. The fourth-order valence-corrected chi connectivity index (χ4v) is 4.51. The Bertz CT molecular complexity index is 929. The van der Waals surface area contributed by atoms with E-state index in [0.29, 0.717) is 28.2 Å². The maximum atomic E-state index is 6.18. The van der Waals surface area contributed by atoms with Crippen LogP contribution in [0.3, 0.4) is 0 Å². The second-order valence-corrected chi connectivity index (χ2v) is 8.92. The zero-order chi connectivity index (χ0) is 21.5. The second kappa shape index (κ2) is 11.0. The molecule has 0 saturated heterocycles. The Morgan fingerprint density at radius 2 is 1.73 bits per heavy atom. The molecule has 3 rings (SSSR count). The minimum absolute atomic E-state index is 0.203. The van der Waals surface area contributed by atoms with Gasteiger partial charge in [0, 0.05) is 5.75 Å². The summed E-state index contributed by atoms with van der Waals surface area (Å²) >= 11 is 14.0. The first kappa shape index (κ1) is 22.9. The number of nitrogens with zero attached hydrogens (tertiary/aromatic N) is 4. The molecule has 0 aliphatic rings. The summed E-state index contributed by atoms with van der Waals surface area (Å²) in [5.74, 6) is 2.20. The smallest absolute Gasteiger partial charge is 0.191 e. The van der Waals surface area contributed by atoms with Crippen LogP contribution >= 0.6 is 35.0 Å². The molecule has 0 N–H and O–H groups in total. The first-order chi connectivity index (χ1) is 14.5. The van der Waals surface area contributed by atoms with Crippen molar-refractivity contribution >= 4 is 35.0 Å². The third-order valence-corrected chi connectivity index (χ3v) is 6.24. The molecule has 30 heavy (non-hydrogen) atoms. The van der Waals surface area contributed by atoms with Crippen molar-refractivity contribution in [3.8, 4) is 5.75 Å². The van der Waals surface area contributed by atoms with Gasteiger partial charge in [-0.3, -0.25) is 4.90 Å². The van der Waals surface area contributed by atoms with Crippen molar-refractivity contribution in [3.05, 3.63) is 70.0 Å². The fourth-order valence-electron chi connectivity index (χ4n) is 3.24. The van der Waals surface area contributed by atoms with Crippen molar-refractivity contribution in [1.29, 1.82) is 0 Å². The van der Waals surface area contributed by atoms with Crippen LogP contribution in [0.2, 0.25) is 10.0 Å². The highest BCUT2D eigenvalue weighted by molar-refractivity contribution is 7.99.